The summed E-state index contributed by atoms with van der Waals surface area (Å²) in [4.78, 5) is 8.36. The molecule has 0 radical (unpaired) electrons. The van der Waals surface area contributed by atoms with E-state index < -0.39 is 0 Å². The van der Waals surface area contributed by atoms with Crippen molar-refractivity contribution in [2.75, 3.05) is 11.9 Å². The Balaban J connectivity index is 1.84. The molecule has 1 aliphatic carbocycles. The van der Waals surface area contributed by atoms with Crippen molar-refractivity contribution in [3.05, 3.63) is 16.9 Å². The van der Waals surface area contributed by atoms with Crippen molar-refractivity contribution in [3.8, 4) is 0 Å². The van der Waals surface area contributed by atoms with Crippen molar-refractivity contribution in [2.24, 2.45) is 11.7 Å². The Morgan fingerprint density at radius 1 is 1.31 bits per heavy atom. The molecule has 2 unspecified atom stereocenters. The highest BCUT2D eigenvalue weighted by Gasteiger charge is 2.21. The second-order valence-corrected chi connectivity index (χ2v) is 5.23. The molecule has 1 saturated carbocycles. The molecule has 2 rings (SSSR count). The van der Waals surface area contributed by atoms with E-state index in [0.717, 1.165) is 17.4 Å². The first kappa shape index (κ1) is 11.8. The normalized spacial score (nSPS) is 25.4. The number of hydrogen-bond acceptors (Lipinski definition) is 4. The van der Waals surface area contributed by atoms with Crippen LogP contribution in [0, 0.1) is 5.92 Å². The summed E-state index contributed by atoms with van der Waals surface area (Å²) < 4.78 is 0.896. The zero-order chi connectivity index (χ0) is 11.4. The number of nitrogens with one attached hydrogen (secondary N) is 1. The first-order valence-electron chi connectivity index (χ1n) is 5.72. The average Bonchev–Trinajstić information content (AvgIpc) is 2.30. The predicted molar refractivity (Wildman–Crippen MR) is 68.2 cm³/mol. The monoisotopic (exact) mass is 284 g/mol. The lowest BCUT2D eigenvalue weighted by molar-refractivity contribution is 0.321. The summed E-state index contributed by atoms with van der Waals surface area (Å²) in [7, 11) is 0. The minimum absolute atomic E-state index is 0.330. The summed E-state index contributed by atoms with van der Waals surface area (Å²) in [6.45, 7) is 0.878. The summed E-state index contributed by atoms with van der Waals surface area (Å²) in [5.41, 5.74) is 6.08. The Kier molecular flexibility index (Phi) is 4.12. The first-order valence-corrected chi connectivity index (χ1v) is 6.52. The van der Waals surface area contributed by atoms with Crippen molar-refractivity contribution in [1.82, 2.24) is 9.97 Å². The maximum Gasteiger partial charge on any atom is 0.222 e. The minimum atomic E-state index is 0.330. The Morgan fingerprint density at radius 3 is 2.69 bits per heavy atom. The van der Waals surface area contributed by atoms with E-state index in [9.17, 15) is 0 Å². The standard InChI is InChI=1S/C11H17BrN4/c12-9-6-15-11(16-7-9)14-5-8-3-1-2-4-10(8)13/h6-8,10H,1-5,13H2,(H,14,15,16). The molecule has 1 fully saturated rings. The number of aromatic nitrogens is 2. The van der Waals surface area contributed by atoms with Crippen LogP contribution in [0.25, 0.3) is 0 Å². The van der Waals surface area contributed by atoms with Crippen LogP contribution in [0.2, 0.25) is 0 Å². The van der Waals surface area contributed by atoms with Crippen molar-refractivity contribution in [3.63, 3.8) is 0 Å². The Labute approximate surface area is 104 Å². The van der Waals surface area contributed by atoms with Gasteiger partial charge in [-0.15, -0.1) is 0 Å². The smallest absolute Gasteiger partial charge is 0.222 e. The van der Waals surface area contributed by atoms with Gasteiger partial charge in [-0.1, -0.05) is 12.8 Å². The molecule has 16 heavy (non-hydrogen) atoms. The quantitative estimate of drug-likeness (QED) is 0.893. The van der Waals surface area contributed by atoms with Crippen molar-refractivity contribution < 1.29 is 0 Å². The molecule has 1 aromatic rings. The van der Waals surface area contributed by atoms with E-state index in [1.54, 1.807) is 12.4 Å². The fourth-order valence-electron chi connectivity index (χ4n) is 2.12. The number of hydrogen-bond donors (Lipinski definition) is 2. The number of nitrogens with zero attached hydrogens (tertiary/aromatic N) is 2. The zero-order valence-electron chi connectivity index (χ0n) is 9.19. The molecule has 0 bridgehead atoms. The molecule has 4 nitrogen and oxygen atoms in total. The molecular formula is C11H17BrN4. The van der Waals surface area contributed by atoms with Crippen LogP contribution in [0.15, 0.2) is 16.9 Å². The topological polar surface area (TPSA) is 63.8 Å². The van der Waals surface area contributed by atoms with E-state index >= 15 is 0 Å². The molecule has 1 aromatic heterocycles. The molecule has 0 saturated heterocycles. The van der Waals surface area contributed by atoms with Gasteiger partial charge in [0.25, 0.3) is 0 Å². The maximum atomic E-state index is 6.08. The molecule has 5 heteroatoms. The van der Waals surface area contributed by atoms with Crippen LogP contribution in [0.4, 0.5) is 5.95 Å². The second kappa shape index (κ2) is 5.59. The highest BCUT2D eigenvalue weighted by Crippen LogP contribution is 2.22. The van der Waals surface area contributed by atoms with Gasteiger partial charge in [-0.05, 0) is 34.7 Å². The van der Waals surface area contributed by atoms with Crippen molar-refractivity contribution >= 4 is 21.9 Å². The van der Waals surface area contributed by atoms with E-state index in [4.69, 9.17) is 5.73 Å². The fraction of sp³-hybridized carbons (Fsp3) is 0.636. The molecule has 0 aromatic carbocycles. The van der Waals surface area contributed by atoms with Gasteiger partial charge in [0.15, 0.2) is 0 Å². The van der Waals surface area contributed by atoms with Gasteiger partial charge in [0, 0.05) is 25.0 Å². The summed E-state index contributed by atoms with van der Waals surface area (Å²) in [6, 6.07) is 0.330. The van der Waals surface area contributed by atoms with Crippen LogP contribution in [0.1, 0.15) is 25.7 Å². The zero-order valence-corrected chi connectivity index (χ0v) is 10.8. The van der Waals surface area contributed by atoms with Crippen LogP contribution < -0.4 is 11.1 Å². The van der Waals surface area contributed by atoms with Crippen LogP contribution >= 0.6 is 15.9 Å². The van der Waals surface area contributed by atoms with Gasteiger partial charge >= 0.3 is 0 Å². The predicted octanol–water partition coefficient (Wildman–Crippen LogP) is 2.17. The second-order valence-electron chi connectivity index (χ2n) is 4.31. The lowest BCUT2D eigenvalue weighted by atomic mass is 9.85. The lowest BCUT2D eigenvalue weighted by Crippen LogP contribution is -2.37. The highest BCUT2D eigenvalue weighted by molar-refractivity contribution is 9.10. The summed E-state index contributed by atoms with van der Waals surface area (Å²) in [6.07, 6.45) is 8.41. The van der Waals surface area contributed by atoms with Crippen molar-refractivity contribution in [2.45, 2.75) is 31.7 Å². The van der Waals surface area contributed by atoms with Gasteiger partial charge in [0.2, 0.25) is 5.95 Å². The van der Waals surface area contributed by atoms with E-state index in [1.165, 1.54) is 19.3 Å². The molecule has 0 spiro atoms. The molecule has 88 valence electrons. The summed E-state index contributed by atoms with van der Waals surface area (Å²) >= 11 is 3.31. The van der Waals surface area contributed by atoms with E-state index in [1.807, 2.05) is 0 Å². The molecule has 0 aliphatic heterocycles. The Bertz CT molecular complexity index is 327. The lowest BCUT2D eigenvalue weighted by Gasteiger charge is -2.28. The van der Waals surface area contributed by atoms with E-state index in [2.05, 4.69) is 31.2 Å². The number of nitrogens with two attached hydrogens (primary N) is 1. The third-order valence-electron chi connectivity index (χ3n) is 3.11. The molecule has 3 N–H and O–H groups in total. The van der Waals surface area contributed by atoms with Gasteiger partial charge in [-0.25, -0.2) is 9.97 Å². The van der Waals surface area contributed by atoms with Crippen LogP contribution in [-0.4, -0.2) is 22.6 Å². The summed E-state index contributed by atoms with van der Waals surface area (Å²) in [5.74, 6) is 1.24. The van der Waals surface area contributed by atoms with Crippen LogP contribution in [0.5, 0.6) is 0 Å². The average molecular weight is 285 g/mol. The van der Waals surface area contributed by atoms with Gasteiger partial charge in [0.1, 0.15) is 0 Å². The van der Waals surface area contributed by atoms with Crippen molar-refractivity contribution in [1.29, 1.82) is 0 Å². The SMILES string of the molecule is NC1CCCCC1CNc1ncc(Br)cn1. The largest absolute Gasteiger partial charge is 0.354 e. The Morgan fingerprint density at radius 2 is 2.00 bits per heavy atom. The molecule has 2 atom stereocenters. The van der Waals surface area contributed by atoms with E-state index in [0.29, 0.717) is 17.9 Å². The van der Waals surface area contributed by atoms with Gasteiger partial charge in [0.05, 0.1) is 4.47 Å². The fourth-order valence-corrected chi connectivity index (χ4v) is 2.32. The molecular weight excluding hydrogens is 268 g/mol. The maximum absolute atomic E-state index is 6.08. The van der Waals surface area contributed by atoms with E-state index in [-0.39, 0.29) is 0 Å². The minimum Gasteiger partial charge on any atom is -0.354 e. The van der Waals surface area contributed by atoms with Gasteiger partial charge in [-0.3, -0.25) is 0 Å². The molecule has 0 amide bonds. The van der Waals surface area contributed by atoms with Crippen LogP contribution in [0.3, 0.4) is 0 Å². The number of anilines is 1. The molecule has 1 heterocycles. The number of rotatable bonds is 3. The summed E-state index contributed by atoms with van der Waals surface area (Å²) in [5, 5.41) is 3.25. The number of halogens is 1. The van der Waals surface area contributed by atoms with Gasteiger partial charge in [-0.2, -0.15) is 0 Å². The van der Waals surface area contributed by atoms with Gasteiger partial charge < -0.3 is 11.1 Å². The highest BCUT2D eigenvalue weighted by atomic mass is 79.9. The van der Waals surface area contributed by atoms with Crippen LogP contribution in [-0.2, 0) is 0 Å². The first-order chi connectivity index (χ1) is 7.75. The molecule has 1 aliphatic rings. The third-order valence-corrected chi connectivity index (χ3v) is 3.52. The third kappa shape index (κ3) is 3.15. The Hall–Kier alpha value is -0.680.